The van der Waals surface area contributed by atoms with E-state index in [-0.39, 0.29) is 28.0 Å². The molecule has 2 aromatic heterocycles. The number of anilines is 2. The van der Waals surface area contributed by atoms with E-state index in [1.165, 1.54) is 0 Å². The van der Waals surface area contributed by atoms with Crippen molar-refractivity contribution in [1.82, 2.24) is 10.1 Å². The van der Waals surface area contributed by atoms with E-state index in [0.29, 0.717) is 24.9 Å². The monoisotopic (exact) mass is 402 g/mol. The molecule has 0 spiro atoms. The molecule has 0 aromatic carbocycles. The molecule has 10 heteroatoms. The zero-order valence-corrected chi connectivity index (χ0v) is 15.6. The summed E-state index contributed by atoms with van der Waals surface area (Å²) in [6, 6.07) is 1.86. The quantitative estimate of drug-likeness (QED) is 0.830. The summed E-state index contributed by atoms with van der Waals surface area (Å²) in [6.07, 6.45) is -3.30. The van der Waals surface area contributed by atoms with Crippen LogP contribution in [0.2, 0.25) is 5.02 Å². The Labute approximate surface area is 158 Å². The van der Waals surface area contributed by atoms with E-state index in [2.05, 4.69) is 15.5 Å². The zero-order chi connectivity index (χ0) is 20.0. The second-order valence-electron chi connectivity index (χ2n) is 7.34. The van der Waals surface area contributed by atoms with E-state index in [1.54, 1.807) is 11.0 Å². The molecule has 3 rings (SSSR count). The summed E-state index contributed by atoms with van der Waals surface area (Å²) in [5.41, 5.74) is -1.19. The third-order valence-corrected chi connectivity index (χ3v) is 4.52. The lowest BCUT2D eigenvalue weighted by Crippen LogP contribution is -2.55. The first kappa shape index (κ1) is 19.5. The highest BCUT2D eigenvalue weighted by atomic mass is 35.5. The van der Waals surface area contributed by atoms with Crippen LogP contribution in [-0.4, -0.2) is 28.6 Å². The van der Waals surface area contributed by atoms with Gasteiger partial charge in [0.05, 0.1) is 10.6 Å². The van der Waals surface area contributed by atoms with Crippen molar-refractivity contribution in [3.63, 3.8) is 0 Å². The molecule has 3 heterocycles. The molecule has 146 valence electrons. The molecule has 1 fully saturated rings. The van der Waals surface area contributed by atoms with Gasteiger partial charge in [-0.1, -0.05) is 37.5 Å². The first-order chi connectivity index (χ1) is 12.5. The maximum absolute atomic E-state index is 12.7. The standard InChI is InChI=1S/C17H18ClF3N4O2/c1-16(2,3)12-7-13(24-27-12)23-15(26)11-4-5-25(11)14-10(18)6-9(8-22-14)17(19,20)21/h6-8,11H,4-5H2,1-3H3,(H,23,24,26). The molecule has 1 aliphatic heterocycles. The van der Waals surface area contributed by atoms with Crippen LogP contribution in [0.3, 0.4) is 0 Å². The van der Waals surface area contributed by atoms with Gasteiger partial charge in [0.25, 0.3) is 0 Å². The van der Waals surface area contributed by atoms with E-state index < -0.39 is 17.8 Å². The highest BCUT2D eigenvalue weighted by Gasteiger charge is 2.38. The van der Waals surface area contributed by atoms with Gasteiger partial charge in [-0.05, 0) is 12.5 Å². The lowest BCUT2D eigenvalue weighted by atomic mass is 9.93. The summed E-state index contributed by atoms with van der Waals surface area (Å²) in [4.78, 5) is 17.9. The first-order valence-electron chi connectivity index (χ1n) is 8.24. The molecule has 6 nitrogen and oxygen atoms in total. The number of hydrogen-bond donors (Lipinski definition) is 1. The van der Waals surface area contributed by atoms with Crippen LogP contribution in [0.5, 0.6) is 0 Å². The SMILES string of the molecule is CC(C)(C)c1cc(NC(=O)C2CCN2c2ncc(C(F)(F)F)cc2Cl)no1. The minimum atomic E-state index is -4.53. The third kappa shape index (κ3) is 4.02. The topological polar surface area (TPSA) is 71.3 Å². The van der Waals surface area contributed by atoms with Gasteiger partial charge in [-0.15, -0.1) is 0 Å². The fraction of sp³-hybridized carbons (Fsp3) is 0.471. The summed E-state index contributed by atoms with van der Waals surface area (Å²) in [7, 11) is 0. The Morgan fingerprint density at radius 2 is 2.04 bits per heavy atom. The van der Waals surface area contributed by atoms with E-state index in [9.17, 15) is 18.0 Å². The van der Waals surface area contributed by atoms with E-state index >= 15 is 0 Å². The summed E-state index contributed by atoms with van der Waals surface area (Å²) in [5.74, 6) is 0.693. The maximum atomic E-state index is 12.7. The van der Waals surface area contributed by atoms with Crippen molar-refractivity contribution in [3.05, 3.63) is 34.7 Å². The zero-order valence-electron chi connectivity index (χ0n) is 14.9. The van der Waals surface area contributed by atoms with Crippen LogP contribution in [0.15, 0.2) is 22.9 Å². The van der Waals surface area contributed by atoms with Crippen molar-refractivity contribution >= 4 is 29.1 Å². The number of halogens is 4. The van der Waals surface area contributed by atoms with Gasteiger partial charge in [0.2, 0.25) is 5.91 Å². The number of carbonyl (C=O) groups is 1. The van der Waals surface area contributed by atoms with Gasteiger partial charge < -0.3 is 14.7 Å². The number of alkyl halides is 3. The lowest BCUT2D eigenvalue weighted by Gasteiger charge is -2.40. The molecule has 0 saturated carbocycles. The second-order valence-corrected chi connectivity index (χ2v) is 7.75. The highest BCUT2D eigenvalue weighted by molar-refractivity contribution is 6.33. The Morgan fingerprint density at radius 3 is 2.52 bits per heavy atom. The molecule has 0 aliphatic carbocycles. The molecule has 1 N–H and O–H groups in total. The molecule has 27 heavy (non-hydrogen) atoms. The molecular formula is C17H18ClF3N4O2. The Hall–Kier alpha value is -2.29. The van der Waals surface area contributed by atoms with Crippen molar-refractivity contribution in [2.24, 2.45) is 0 Å². The Morgan fingerprint density at radius 1 is 1.33 bits per heavy atom. The summed E-state index contributed by atoms with van der Waals surface area (Å²) >= 11 is 5.96. The second kappa shape index (κ2) is 6.70. The molecule has 1 saturated heterocycles. The predicted octanol–water partition coefficient (Wildman–Crippen LogP) is 4.26. The van der Waals surface area contributed by atoms with E-state index in [4.69, 9.17) is 16.1 Å². The predicted molar refractivity (Wildman–Crippen MR) is 93.8 cm³/mol. The van der Waals surface area contributed by atoms with E-state index in [0.717, 1.165) is 6.07 Å². The molecular weight excluding hydrogens is 385 g/mol. The maximum Gasteiger partial charge on any atom is 0.417 e. The summed E-state index contributed by atoms with van der Waals surface area (Å²) < 4.78 is 43.4. The number of aromatic nitrogens is 2. The lowest BCUT2D eigenvalue weighted by molar-refractivity contribution is -0.137. The smallest absolute Gasteiger partial charge is 0.359 e. The molecule has 0 radical (unpaired) electrons. The summed E-state index contributed by atoms with van der Waals surface area (Å²) in [5, 5.41) is 6.33. The van der Waals surface area contributed by atoms with Crippen LogP contribution in [0, 0.1) is 0 Å². The fourth-order valence-corrected chi connectivity index (χ4v) is 2.88. The number of nitrogens with one attached hydrogen (secondary N) is 1. The van der Waals surface area contributed by atoms with Crippen molar-refractivity contribution in [1.29, 1.82) is 0 Å². The Kier molecular flexibility index (Phi) is 4.83. The van der Waals surface area contributed by atoms with Gasteiger partial charge in [-0.2, -0.15) is 13.2 Å². The van der Waals surface area contributed by atoms with Crippen LogP contribution in [0.25, 0.3) is 0 Å². The third-order valence-electron chi connectivity index (χ3n) is 4.24. The number of carbonyl (C=O) groups excluding carboxylic acids is 1. The minimum Gasteiger partial charge on any atom is -0.359 e. The van der Waals surface area contributed by atoms with Crippen molar-refractivity contribution in [2.75, 3.05) is 16.8 Å². The average Bonchev–Trinajstić information content (AvgIpc) is 2.95. The van der Waals surface area contributed by atoms with Crippen molar-refractivity contribution < 1.29 is 22.5 Å². The number of amides is 1. The van der Waals surface area contributed by atoms with Gasteiger partial charge in [-0.3, -0.25) is 4.79 Å². The van der Waals surface area contributed by atoms with Gasteiger partial charge in [0.15, 0.2) is 5.82 Å². The number of nitrogens with zero attached hydrogens (tertiary/aromatic N) is 3. The number of pyridine rings is 1. The van der Waals surface area contributed by atoms with Gasteiger partial charge in [0, 0.05) is 24.2 Å². The normalized spacial score (nSPS) is 17.6. The number of rotatable bonds is 3. The highest BCUT2D eigenvalue weighted by Crippen LogP contribution is 2.36. The molecule has 0 bridgehead atoms. The van der Waals surface area contributed by atoms with Crippen LogP contribution >= 0.6 is 11.6 Å². The van der Waals surface area contributed by atoms with Crippen LogP contribution in [-0.2, 0) is 16.4 Å². The molecule has 1 amide bonds. The largest absolute Gasteiger partial charge is 0.417 e. The van der Waals surface area contributed by atoms with Crippen LogP contribution < -0.4 is 10.2 Å². The minimum absolute atomic E-state index is 0.145. The van der Waals surface area contributed by atoms with E-state index in [1.807, 2.05) is 20.8 Å². The van der Waals surface area contributed by atoms with Crippen molar-refractivity contribution in [2.45, 2.75) is 44.8 Å². The van der Waals surface area contributed by atoms with Gasteiger partial charge in [0.1, 0.15) is 17.6 Å². The summed E-state index contributed by atoms with van der Waals surface area (Å²) in [6.45, 7) is 6.31. The first-order valence-corrected chi connectivity index (χ1v) is 8.62. The van der Waals surface area contributed by atoms with Gasteiger partial charge in [-0.25, -0.2) is 4.98 Å². The molecule has 1 atom stereocenters. The Balaban J connectivity index is 1.72. The fourth-order valence-electron chi connectivity index (χ4n) is 2.61. The number of hydrogen-bond acceptors (Lipinski definition) is 5. The van der Waals surface area contributed by atoms with Crippen molar-refractivity contribution in [3.8, 4) is 0 Å². The molecule has 1 unspecified atom stereocenters. The Bertz CT molecular complexity index is 861. The van der Waals surface area contributed by atoms with Crippen LogP contribution in [0.1, 0.15) is 38.5 Å². The molecule has 1 aliphatic rings. The average molecular weight is 403 g/mol. The molecule has 2 aromatic rings. The van der Waals surface area contributed by atoms with Gasteiger partial charge >= 0.3 is 6.18 Å². The van der Waals surface area contributed by atoms with Crippen LogP contribution in [0.4, 0.5) is 24.8 Å².